The molecule has 0 spiro atoms. The van der Waals surface area contributed by atoms with E-state index in [1.165, 1.54) is 89.0 Å². The zero-order valence-electron chi connectivity index (χ0n) is 34.0. The first kappa shape index (κ1) is 39.9. The number of carbonyl (C=O) groups is 2. The molecule has 0 bridgehead atoms. The normalized spacial score (nSPS) is 40.4. The van der Waals surface area contributed by atoms with Gasteiger partial charge in [-0.05, 0) is 110 Å². The molecule has 0 aromatic rings. The van der Waals surface area contributed by atoms with E-state index in [1.807, 2.05) is 0 Å². The molecule has 5 aliphatic carbocycles. The Balaban J connectivity index is 1.15. The Labute approximate surface area is 308 Å². The number of unbranched alkanes of at least 4 members (excludes halogenated alkanes) is 12. The van der Waals surface area contributed by atoms with E-state index in [9.17, 15) is 14.7 Å². The van der Waals surface area contributed by atoms with Gasteiger partial charge in [-0.15, -0.1) is 0 Å². The summed E-state index contributed by atoms with van der Waals surface area (Å²) in [5, 5.41) is 10.7. The van der Waals surface area contributed by atoms with Crippen molar-refractivity contribution in [3.63, 3.8) is 0 Å². The third-order valence-corrected chi connectivity index (χ3v) is 17.1. The van der Waals surface area contributed by atoms with Gasteiger partial charge in [-0.25, -0.2) is 0 Å². The van der Waals surface area contributed by atoms with Crippen molar-refractivity contribution in [2.75, 3.05) is 0 Å². The molecule has 50 heavy (non-hydrogen) atoms. The second-order valence-electron chi connectivity index (χ2n) is 19.9. The number of esters is 1. The summed E-state index contributed by atoms with van der Waals surface area (Å²) in [5.41, 5.74) is 1.26. The Kier molecular flexibility index (Phi) is 12.7. The van der Waals surface area contributed by atoms with Gasteiger partial charge in [0.25, 0.3) is 0 Å². The average Bonchev–Trinajstić information content (AvgIpc) is 3.06. The van der Waals surface area contributed by atoms with Crippen LogP contribution in [0.25, 0.3) is 0 Å². The molecule has 4 nitrogen and oxygen atoms in total. The Bertz CT molecular complexity index is 1200. The minimum atomic E-state index is -0.585. The third kappa shape index (κ3) is 7.15. The van der Waals surface area contributed by atoms with Crippen LogP contribution >= 0.6 is 0 Å². The molecule has 286 valence electrons. The molecular weight excluding hydrogens is 617 g/mol. The van der Waals surface area contributed by atoms with E-state index in [2.05, 4.69) is 61.5 Å². The van der Waals surface area contributed by atoms with Gasteiger partial charge in [0.05, 0.1) is 5.41 Å². The lowest BCUT2D eigenvalue weighted by Gasteiger charge is -2.71. The molecule has 5 rings (SSSR count). The van der Waals surface area contributed by atoms with Gasteiger partial charge < -0.3 is 9.84 Å². The summed E-state index contributed by atoms with van der Waals surface area (Å²) in [6.45, 7) is 19.5. The summed E-state index contributed by atoms with van der Waals surface area (Å²) in [7, 11) is 0. The highest BCUT2D eigenvalue weighted by Gasteiger charge is 2.69. The van der Waals surface area contributed by atoms with Crippen molar-refractivity contribution in [3.05, 3.63) is 11.6 Å². The van der Waals surface area contributed by atoms with Gasteiger partial charge in [-0.3, -0.25) is 9.59 Å². The molecule has 10 atom stereocenters. The van der Waals surface area contributed by atoms with E-state index in [1.54, 1.807) is 0 Å². The maximum atomic E-state index is 13.2. The monoisotopic (exact) mass is 695 g/mol. The first-order valence-electron chi connectivity index (χ1n) is 21.8. The lowest BCUT2D eigenvalue weighted by Crippen LogP contribution is -2.65. The zero-order chi connectivity index (χ0) is 36.4. The molecule has 0 aliphatic heterocycles. The van der Waals surface area contributed by atoms with Gasteiger partial charge in [0.1, 0.15) is 6.10 Å². The SMILES string of the molecule is CCCCCCCCCCCCCCCC(=O)O[C@H]1CC[C@]2(C)[C@H]3CC=C4[C@H]5C(C)[C@H](C)CC[C@]5(C(=O)O)CC[C@@]4(C)[C@]3(C)CC[C@H]2C1(C)C. The molecule has 4 fully saturated rings. The second-order valence-corrected chi connectivity index (χ2v) is 19.9. The summed E-state index contributed by atoms with van der Waals surface area (Å²) in [4.78, 5) is 26.2. The molecule has 0 heterocycles. The van der Waals surface area contributed by atoms with Crippen LogP contribution in [0.4, 0.5) is 0 Å². The molecule has 0 aromatic carbocycles. The van der Waals surface area contributed by atoms with Crippen LogP contribution in [0.2, 0.25) is 0 Å². The molecule has 0 aromatic heterocycles. The fourth-order valence-electron chi connectivity index (χ4n) is 13.5. The van der Waals surface area contributed by atoms with Gasteiger partial charge in [-0.1, -0.05) is 144 Å². The molecule has 1 N–H and O–H groups in total. The number of aliphatic carboxylic acids is 1. The van der Waals surface area contributed by atoms with Gasteiger partial charge in [0.15, 0.2) is 0 Å². The standard InChI is InChI=1S/C46H78O4/c1-9-10-11-12-13-14-15-16-17-18-19-20-21-22-39(47)50-38-27-28-43(6)36(42(38,4)5)26-29-45(8)37(43)24-23-35-40-34(3)33(2)25-30-46(40,41(48)49)32-31-44(35,45)7/h23,33-34,36-38,40H,9-22,24-32H2,1-8H3,(H,48,49)/t33-,34?,36+,37-,38+,40-,43+,44-,45-,46+/m1/s1. The van der Waals surface area contributed by atoms with Crippen LogP contribution in [0.15, 0.2) is 11.6 Å². The van der Waals surface area contributed by atoms with Crippen LogP contribution in [0.3, 0.4) is 0 Å². The molecule has 0 saturated heterocycles. The van der Waals surface area contributed by atoms with Crippen molar-refractivity contribution in [2.24, 2.45) is 56.7 Å². The highest BCUT2D eigenvalue weighted by molar-refractivity contribution is 5.76. The van der Waals surface area contributed by atoms with E-state index >= 15 is 0 Å². The minimum absolute atomic E-state index is 0.000114. The lowest BCUT2D eigenvalue weighted by molar-refractivity contribution is -0.214. The quantitative estimate of drug-likeness (QED) is 0.0992. The summed E-state index contributed by atoms with van der Waals surface area (Å²) < 4.78 is 6.38. The van der Waals surface area contributed by atoms with Gasteiger partial charge in [0.2, 0.25) is 0 Å². The Morgan fingerprint density at radius 3 is 1.94 bits per heavy atom. The van der Waals surface area contributed by atoms with Crippen LogP contribution in [0, 0.1) is 56.7 Å². The number of ether oxygens (including phenoxy) is 1. The molecule has 0 amide bonds. The summed E-state index contributed by atoms with van der Waals surface area (Å²) in [5.74, 6) is 1.69. The number of carboxylic acids is 1. The number of allylic oxidation sites excluding steroid dienone is 2. The fourth-order valence-corrected chi connectivity index (χ4v) is 13.5. The van der Waals surface area contributed by atoms with E-state index < -0.39 is 11.4 Å². The Morgan fingerprint density at radius 2 is 1.34 bits per heavy atom. The van der Waals surface area contributed by atoms with Gasteiger partial charge in [0, 0.05) is 11.8 Å². The number of carboxylic acid groups (broad SMARTS) is 1. The molecule has 1 unspecified atom stereocenters. The van der Waals surface area contributed by atoms with Gasteiger partial charge >= 0.3 is 11.9 Å². The summed E-state index contributed by atoms with van der Waals surface area (Å²) >= 11 is 0. The first-order chi connectivity index (χ1) is 23.7. The number of hydrogen-bond acceptors (Lipinski definition) is 3. The largest absolute Gasteiger partial charge is 0.481 e. The fraction of sp³-hybridized carbons (Fsp3) is 0.913. The minimum Gasteiger partial charge on any atom is -0.481 e. The number of carbonyl (C=O) groups excluding carboxylic acids is 1. The first-order valence-corrected chi connectivity index (χ1v) is 21.8. The van der Waals surface area contributed by atoms with Crippen LogP contribution in [-0.2, 0) is 14.3 Å². The van der Waals surface area contributed by atoms with Crippen LogP contribution < -0.4 is 0 Å². The smallest absolute Gasteiger partial charge is 0.310 e. The Morgan fingerprint density at radius 1 is 0.740 bits per heavy atom. The van der Waals surface area contributed by atoms with E-state index in [0.29, 0.717) is 30.1 Å². The van der Waals surface area contributed by atoms with Crippen molar-refractivity contribution in [3.8, 4) is 0 Å². The number of rotatable bonds is 16. The van der Waals surface area contributed by atoms with Crippen LogP contribution in [0.5, 0.6) is 0 Å². The van der Waals surface area contributed by atoms with E-state index in [-0.39, 0.29) is 39.7 Å². The van der Waals surface area contributed by atoms with E-state index in [4.69, 9.17) is 4.74 Å². The highest BCUT2D eigenvalue weighted by Crippen LogP contribution is 2.75. The van der Waals surface area contributed by atoms with Crippen molar-refractivity contribution in [2.45, 2.75) is 209 Å². The van der Waals surface area contributed by atoms with Crippen molar-refractivity contribution >= 4 is 11.9 Å². The maximum Gasteiger partial charge on any atom is 0.310 e. The number of fused-ring (bicyclic) bond motifs is 7. The summed E-state index contributed by atoms with van der Waals surface area (Å²) in [6, 6.07) is 0. The van der Waals surface area contributed by atoms with Crippen molar-refractivity contribution in [1.82, 2.24) is 0 Å². The Hall–Kier alpha value is -1.32. The lowest BCUT2D eigenvalue weighted by atomic mass is 9.33. The average molecular weight is 695 g/mol. The molecule has 5 aliphatic rings. The summed E-state index contributed by atoms with van der Waals surface area (Å²) in [6.07, 6.45) is 29.4. The van der Waals surface area contributed by atoms with Crippen molar-refractivity contribution in [1.29, 1.82) is 0 Å². The third-order valence-electron chi connectivity index (χ3n) is 17.1. The molecule has 0 radical (unpaired) electrons. The molecule has 4 saturated carbocycles. The molecular formula is C46H78O4. The van der Waals surface area contributed by atoms with E-state index in [0.717, 1.165) is 57.8 Å². The zero-order valence-corrected chi connectivity index (χ0v) is 34.0. The topological polar surface area (TPSA) is 63.6 Å². The van der Waals surface area contributed by atoms with Gasteiger partial charge in [-0.2, -0.15) is 0 Å². The predicted octanol–water partition coefficient (Wildman–Crippen LogP) is 13.1. The second kappa shape index (κ2) is 16.0. The van der Waals surface area contributed by atoms with Crippen LogP contribution in [0.1, 0.15) is 203 Å². The van der Waals surface area contributed by atoms with Crippen molar-refractivity contribution < 1.29 is 19.4 Å². The van der Waals surface area contributed by atoms with Crippen LogP contribution in [-0.4, -0.2) is 23.1 Å². The number of hydrogen-bond donors (Lipinski definition) is 1. The molecule has 4 heteroatoms. The highest BCUT2D eigenvalue weighted by atomic mass is 16.5. The predicted molar refractivity (Wildman–Crippen MR) is 207 cm³/mol. The maximum absolute atomic E-state index is 13.2.